The predicted molar refractivity (Wildman–Crippen MR) is 77.1 cm³/mol. The van der Waals surface area contributed by atoms with Crippen LogP contribution in [0.4, 0.5) is 0 Å². The van der Waals surface area contributed by atoms with Crippen LogP contribution >= 0.6 is 0 Å². The summed E-state index contributed by atoms with van der Waals surface area (Å²) in [6, 6.07) is 2.72. The first-order chi connectivity index (χ1) is 9.08. The molecular weight excluding hydrogens is 240 g/mol. The Labute approximate surface area is 115 Å². The van der Waals surface area contributed by atoms with Crippen LogP contribution in [0, 0.1) is 13.8 Å². The number of methoxy groups -OCH3 is 2. The van der Waals surface area contributed by atoms with Crippen molar-refractivity contribution >= 4 is 0 Å². The molecule has 1 N–H and O–H groups in total. The largest absolute Gasteiger partial charge is 0.496 e. The van der Waals surface area contributed by atoms with Gasteiger partial charge in [0.25, 0.3) is 0 Å². The molecule has 0 unspecified atom stereocenters. The number of hydrogen-bond donors (Lipinski definition) is 1. The molecule has 1 aliphatic rings. The van der Waals surface area contributed by atoms with Crippen molar-refractivity contribution in [2.75, 3.05) is 34.4 Å². The number of ether oxygens (including phenoxy) is 2. The monoisotopic (exact) mass is 264 g/mol. The SMILES string of the molecule is COc1cc(CN(C)C2CNC2)c(OC)c(C)c1C. The predicted octanol–water partition coefficient (Wildman–Crippen LogP) is 1.72. The molecule has 0 atom stereocenters. The van der Waals surface area contributed by atoms with E-state index in [0.29, 0.717) is 6.04 Å². The van der Waals surface area contributed by atoms with Gasteiger partial charge >= 0.3 is 0 Å². The fourth-order valence-electron chi connectivity index (χ4n) is 2.52. The first-order valence-electron chi connectivity index (χ1n) is 6.70. The van der Waals surface area contributed by atoms with E-state index < -0.39 is 0 Å². The van der Waals surface area contributed by atoms with E-state index in [2.05, 4.69) is 37.2 Å². The van der Waals surface area contributed by atoms with Crippen LogP contribution in [0.2, 0.25) is 0 Å². The summed E-state index contributed by atoms with van der Waals surface area (Å²) in [4.78, 5) is 2.36. The van der Waals surface area contributed by atoms with Crippen LogP contribution in [-0.2, 0) is 6.54 Å². The average Bonchev–Trinajstić information content (AvgIpc) is 2.31. The molecule has 4 nitrogen and oxygen atoms in total. The molecule has 0 radical (unpaired) electrons. The molecule has 0 aliphatic carbocycles. The lowest BCUT2D eigenvalue weighted by molar-refractivity contribution is 0.171. The highest BCUT2D eigenvalue weighted by atomic mass is 16.5. The molecule has 1 aromatic rings. The second-order valence-electron chi connectivity index (χ2n) is 5.25. The number of nitrogens with one attached hydrogen (secondary N) is 1. The first-order valence-corrected chi connectivity index (χ1v) is 6.70. The van der Waals surface area contributed by atoms with Crippen molar-refractivity contribution in [3.05, 3.63) is 22.8 Å². The Kier molecular flexibility index (Phi) is 4.32. The minimum absolute atomic E-state index is 0.623. The van der Waals surface area contributed by atoms with Crippen molar-refractivity contribution in [1.82, 2.24) is 10.2 Å². The summed E-state index contributed by atoms with van der Waals surface area (Å²) >= 11 is 0. The standard InChI is InChI=1S/C15H24N2O2/c1-10-11(2)15(19-5)12(6-14(10)18-4)9-17(3)13-7-16-8-13/h6,13,16H,7-9H2,1-5H3. The van der Waals surface area contributed by atoms with Crippen molar-refractivity contribution in [2.45, 2.75) is 26.4 Å². The van der Waals surface area contributed by atoms with Gasteiger partial charge < -0.3 is 14.8 Å². The molecule has 106 valence electrons. The minimum Gasteiger partial charge on any atom is -0.496 e. The van der Waals surface area contributed by atoms with E-state index in [1.165, 1.54) is 5.56 Å². The van der Waals surface area contributed by atoms with E-state index in [1.807, 2.05) is 0 Å². The van der Waals surface area contributed by atoms with Gasteiger partial charge in [0.05, 0.1) is 14.2 Å². The lowest BCUT2D eigenvalue weighted by Gasteiger charge is -2.36. The Morgan fingerprint density at radius 3 is 2.37 bits per heavy atom. The van der Waals surface area contributed by atoms with E-state index in [9.17, 15) is 0 Å². The topological polar surface area (TPSA) is 33.7 Å². The lowest BCUT2D eigenvalue weighted by Crippen LogP contribution is -2.55. The fourth-order valence-corrected chi connectivity index (χ4v) is 2.52. The Morgan fingerprint density at radius 1 is 1.21 bits per heavy atom. The van der Waals surface area contributed by atoms with Crippen LogP contribution < -0.4 is 14.8 Å². The summed E-state index contributed by atoms with van der Waals surface area (Å²) in [6.45, 7) is 7.18. The molecule has 0 saturated carbocycles. The Morgan fingerprint density at radius 2 is 1.89 bits per heavy atom. The van der Waals surface area contributed by atoms with Crippen LogP contribution in [0.5, 0.6) is 11.5 Å². The third-order valence-electron chi connectivity index (χ3n) is 4.10. The van der Waals surface area contributed by atoms with E-state index in [4.69, 9.17) is 9.47 Å². The van der Waals surface area contributed by atoms with E-state index in [-0.39, 0.29) is 0 Å². The van der Waals surface area contributed by atoms with Gasteiger partial charge in [0.2, 0.25) is 0 Å². The van der Waals surface area contributed by atoms with Gasteiger partial charge in [0.1, 0.15) is 11.5 Å². The van der Waals surface area contributed by atoms with Crippen molar-refractivity contribution in [1.29, 1.82) is 0 Å². The van der Waals surface area contributed by atoms with Crippen LogP contribution in [-0.4, -0.2) is 45.3 Å². The van der Waals surface area contributed by atoms with E-state index in [1.54, 1.807) is 14.2 Å². The highest BCUT2D eigenvalue weighted by Crippen LogP contribution is 2.34. The molecule has 1 aliphatic heterocycles. The van der Waals surface area contributed by atoms with Gasteiger partial charge in [-0.2, -0.15) is 0 Å². The number of likely N-dealkylation sites (N-methyl/N-ethyl adjacent to an activating group) is 1. The summed E-state index contributed by atoms with van der Waals surface area (Å²) in [5.41, 5.74) is 3.50. The normalized spacial score (nSPS) is 15.5. The van der Waals surface area contributed by atoms with Gasteiger partial charge in [-0.15, -0.1) is 0 Å². The maximum absolute atomic E-state index is 5.59. The molecule has 2 rings (SSSR count). The van der Waals surface area contributed by atoms with Gasteiger partial charge in [-0.1, -0.05) is 0 Å². The van der Waals surface area contributed by atoms with Crippen molar-refractivity contribution in [3.63, 3.8) is 0 Å². The molecule has 1 saturated heterocycles. The molecule has 1 fully saturated rings. The highest BCUT2D eigenvalue weighted by molar-refractivity contribution is 5.52. The molecule has 0 bridgehead atoms. The third kappa shape index (κ3) is 2.69. The maximum Gasteiger partial charge on any atom is 0.126 e. The third-order valence-corrected chi connectivity index (χ3v) is 4.10. The summed E-state index contributed by atoms with van der Waals surface area (Å²) in [6.07, 6.45) is 0. The fraction of sp³-hybridized carbons (Fsp3) is 0.600. The van der Waals surface area contributed by atoms with Crippen LogP contribution in [0.1, 0.15) is 16.7 Å². The smallest absolute Gasteiger partial charge is 0.126 e. The molecular formula is C15H24N2O2. The summed E-state index contributed by atoms with van der Waals surface area (Å²) in [7, 11) is 5.62. The first kappa shape index (κ1) is 14.2. The molecule has 1 aromatic carbocycles. The average molecular weight is 264 g/mol. The van der Waals surface area contributed by atoms with E-state index >= 15 is 0 Å². The zero-order chi connectivity index (χ0) is 14.0. The molecule has 0 spiro atoms. The minimum atomic E-state index is 0.623. The van der Waals surface area contributed by atoms with Gasteiger partial charge in [0.15, 0.2) is 0 Å². The van der Waals surface area contributed by atoms with Gasteiger partial charge in [-0.3, -0.25) is 4.90 Å². The Balaban J connectivity index is 2.29. The molecule has 0 aromatic heterocycles. The second kappa shape index (κ2) is 5.80. The molecule has 19 heavy (non-hydrogen) atoms. The Bertz CT molecular complexity index is 456. The molecule has 1 heterocycles. The number of nitrogens with zero attached hydrogens (tertiary/aromatic N) is 1. The number of hydrogen-bond acceptors (Lipinski definition) is 4. The second-order valence-corrected chi connectivity index (χ2v) is 5.25. The van der Waals surface area contributed by atoms with Crippen molar-refractivity contribution in [3.8, 4) is 11.5 Å². The highest BCUT2D eigenvalue weighted by Gasteiger charge is 2.23. The molecule has 4 heteroatoms. The van der Waals surface area contributed by atoms with Gasteiger partial charge in [-0.25, -0.2) is 0 Å². The van der Waals surface area contributed by atoms with Crippen molar-refractivity contribution in [2.24, 2.45) is 0 Å². The van der Waals surface area contributed by atoms with Gasteiger partial charge in [-0.05, 0) is 38.1 Å². The quantitative estimate of drug-likeness (QED) is 0.878. The van der Waals surface area contributed by atoms with Crippen LogP contribution in [0.15, 0.2) is 6.07 Å². The van der Waals surface area contributed by atoms with Crippen LogP contribution in [0.25, 0.3) is 0 Å². The summed E-state index contributed by atoms with van der Waals surface area (Å²) < 4.78 is 11.1. The summed E-state index contributed by atoms with van der Waals surface area (Å²) in [5.74, 6) is 1.92. The van der Waals surface area contributed by atoms with E-state index in [0.717, 1.165) is 42.3 Å². The lowest BCUT2D eigenvalue weighted by atomic mass is 10.0. The molecule has 0 amide bonds. The van der Waals surface area contributed by atoms with Crippen LogP contribution in [0.3, 0.4) is 0 Å². The maximum atomic E-state index is 5.59. The number of rotatable bonds is 5. The Hall–Kier alpha value is -1.26. The van der Waals surface area contributed by atoms with Gasteiger partial charge in [0, 0.05) is 31.2 Å². The summed E-state index contributed by atoms with van der Waals surface area (Å²) in [5, 5.41) is 3.30. The van der Waals surface area contributed by atoms with Crippen molar-refractivity contribution < 1.29 is 9.47 Å². The number of benzene rings is 1. The zero-order valence-electron chi connectivity index (χ0n) is 12.5. The zero-order valence-corrected chi connectivity index (χ0v) is 12.5.